The molecule has 0 fully saturated rings. The van der Waals surface area contributed by atoms with Gasteiger partial charge in [0.1, 0.15) is 0 Å². The minimum atomic E-state index is -4.83. The number of amides is 1. The van der Waals surface area contributed by atoms with Crippen LogP contribution in [0.5, 0.6) is 0 Å². The van der Waals surface area contributed by atoms with E-state index < -0.39 is 20.1 Å². The maximum absolute atomic E-state index is 11.3. The van der Waals surface area contributed by atoms with Gasteiger partial charge in [-0.05, 0) is 24.3 Å². The molecule has 0 aliphatic carbocycles. The van der Waals surface area contributed by atoms with Crippen molar-refractivity contribution >= 4 is 47.7 Å². The minimum absolute atomic E-state index is 0.0399. The monoisotopic (exact) mass is 431 g/mol. The first kappa shape index (κ1) is 21.0. The quantitative estimate of drug-likeness (QED) is 0.329. The van der Waals surface area contributed by atoms with Gasteiger partial charge >= 0.3 is 94.4 Å². The number of benzene rings is 2. The van der Waals surface area contributed by atoms with E-state index in [9.17, 15) is 17.4 Å². The van der Waals surface area contributed by atoms with Crippen LogP contribution in [-0.4, -0.2) is 40.5 Å². The Morgan fingerprint density at radius 1 is 1.16 bits per heavy atom. The first-order chi connectivity index (χ1) is 11.7. The number of carboxylic acids is 1. The third-order valence-electron chi connectivity index (χ3n) is 2.69. The van der Waals surface area contributed by atoms with Crippen LogP contribution in [0.3, 0.4) is 0 Å². The molecule has 10 heteroatoms. The van der Waals surface area contributed by atoms with Crippen molar-refractivity contribution in [1.29, 1.82) is 0 Å². The number of carbonyl (C=O) groups excluding carboxylic acids is 1. The Hall–Kier alpha value is -2.09. The summed E-state index contributed by atoms with van der Waals surface area (Å²) in [6, 6.07) is 11.7. The van der Waals surface area contributed by atoms with Gasteiger partial charge in [0.25, 0.3) is 0 Å². The fourth-order valence-electron chi connectivity index (χ4n) is 1.60. The zero-order valence-electron chi connectivity index (χ0n) is 12.9. The van der Waals surface area contributed by atoms with Gasteiger partial charge in [-0.1, -0.05) is 11.6 Å². The number of carboxylic acid groups (broad SMARTS) is 1. The van der Waals surface area contributed by atoms with E-state index in [-0.39, 0.29) is 15.8 Å². The van der Waals surface area contributed by atoms with Crippen LogP contribution in [0.1, 0.15) is 17.3 Å². The molecule has 2 rings (SSSR count). The molecular weight excluding hydrogens is 417 g/mol. The fourth-order valence-corrected chi connectivity index (χ4v) is 3.14. The SMILES string of the molecule is CC(=O)Nc1cccc([As](=O)(O)OO)c1.O=C(O)c1ccc(Cl)cc1. The molecule has 0 aliphatic heterocycles. The Morgan fingerprint density at radius 2 is 1.76 bits per heavy atom. The number of aromatic carboxylic acids is 1. The van der Waals surface area contributed by atoms with Crippen LogP contribution in [0, 0.1) is 0 Å². The molecule has 0 heterocycles. The molecule has 134 valence electrons. The predicted molar refractivity (Wildman–Crippen MR) is 91.2 cm³/mol. The number of halogens is 1. The Kier molecular flexibility index (Phi) is 7.88. The van der Waals surface area contributed by atoms with Crippen LogP contribution in [0.25, 0.3) is 0 Å². The summed E-state index contributed by atoms with van der Waals surface area (Å²) in [5, 5.41) is 19.7. The van der Waals surface area contributed by atoms with Crippen molar-refractivity contribution in [3.63, 3.8) is 0 Å². The van der Waals surface area contributed by atoms with Gasteiger partial charge in [0.2, 0.25) is 0 Å². The third kappa shape index (κ3) is 7.13. The van der Waals surface area contributed by atoms with Crippen LogP contribution in [-0.2, 0) is 12.4 Å². The minimum Gasteiger partial charge on any atom is -0.478 e. The van der Waals surface area contributed by atoms with E-state index in [4.69, 9.17) is 22.0 Å². The van der Waals surface area contributed by atoms with E-state index in [0.717, 1.165) is 0 Å². The molecule has 0 aliphatic rings. The molecule has 25 heavy (non-hydrogen) atoms. The maximum atomic E-state index is 11.3. The van der Waals surface area contributed by atoms with E-state index in [1.807, 2.05) is 0 Å². The van der Waals surface area contributed by atoms with Crippen LogP contribution in [0.2, 0.25) is 5.02 Å². The molecule has 0 bridgehead atoms. The van der Waals surface area contributed by atoms with Crippen LogP contribution < -0.4 is 9.67 Å². The number of hydrogen-bond donors (Lipinski definition) is 4. The average Bonchev–Trinajstić information content (AvgIpc) is 2.55. The molecule has 0 aromatic heterocycles. The number of anilines is 1. The number of hydrogen-bond acceptors (Lipinski definition) is 5. The summed E-state index contributed by atoms with van der Waals surface area (Å²) in [6.45, 7) is 1.32. The van der Waals surface area contributed by atoms with Gasteiger partial charge in [0.05, 0.1) is 5.56 Å². The second kappa shape index (κ2) is 9.41. The van der Waals surface area contributed by atoms with Gasteiger partial charge < -0.3 is 5.11 Å². The average molecular weight is 432 g/mol. The number of nitrogens with one attached hydrogen (secondary N) is 1. The summed E-state index contributed by atoms with van der Waals surface area (Å²) in [5.41, 5.74) is 0.622. The smallest absolute Gasteiger partial charge is 0.335 e. The Balaban J connectivity index is 0.000000271. The van der Waals surface area contributed by atoms with E-state index >= 15 is 0 Å². The van der Waals surface area contributed by atoms with Crippen molar-refractivity contribution in [2.75, 3.05) is 5.32 Å². The summed E-state index contributed by atoms with van der Waals surface area (Å²) in [6.07, 6.45) is 0. The number of carbonyl (C=O) groups is 2. The zero-order chi connectivity index (χ0) is 19.0. The Morgan fingerprint density at radius 3 is 2.24 bits per heavy atom. The molecule has 4 N–H and O–H groups in total. The van der Waals surface area contributed by atoms with Gasteiger partial charge in [-0.3, -0.25) is 0 Å². The van der Waals surface area contributed by atoms with Crippen molar-refractivity contribution < 1.29 is 31.7 Å². The molecule has 8 nitrogen and oxygen atoms in total. The largest absolute Gasteiger partial charge is 0.478 e. The summed E-state index contributed by atoms with van der Waals surface area (Å²) in [4.78, 5) is 21.0. The molecular formula is C15H15AsClNO7. The van der Waals surface area contributed by atoms with Gasteiger partial charge in [0.15, 0.2) is 0 Å². The first-order valence-corrected chi connectivity index (χ1v) is 10.4. The van der Waals surface area contributed by atoms with E-state index in [0.29, 0.717) is 10.7 Å². The van der Waals surface area contributed by atoms with Crippen molar-refractivity contribution in [2.24, 2.45) is 0 Å². The topological polar surface area (TPSA) is 133 Å². The van der Waals surface area contributed by atoms with Gasteiger partial charge in [-0.2, -0.15) is 0 Å². The van der Waals surface area contributed by atoms with Crippen molar-refractivity contribution in [3.8, 4) is 0 Å². The molecule has 1 unspecified atom stereocenters. The van der Waals surface area contributed by atoms with E-state index in [1.165, 1.54) is 37.3 Å². The second-order valence-corrected chi connectivity index (χ2v) is 8.69. The van der Waals surface area contributed by atoms with Gasteiger partial charge in [0, 0.05) is 5.02 Å². The summed E-state index contributed by atoms with van der Waals surface area (Å²) in [5.74, 6) is -1.23. The van der Waals surface area contributed by atoms with Gasteiger partial charge in [-0.15, -0.1) is 0 Å². The maximum Gasteiger partial charge on any atom is 0.335 e. The summed E-state index contributed by atoms with van der Waals surface area (Å²) in [7, 11) is 0. The van der Waals surface area contributed by atoms with Crippen molar-refractivity contribution in [1.82, 2.24) is 0 Å². The molecule has 0 radical (unpaired) electrons. The number of rotatable bonds is 4. The molecule has 0 spiro atoms. The van der Waals surface area contributed by atoms with Gasteiger partial charge in [-0.25, -0.2) is 4.79 Å². The van der Waals surface area contributed by atoms with Crippen molar-refractivity contribution in [2.45, 2.75) is 6.92 Å². The molecule has 1 amide bonds. The molecule has 0 saturated carbocycles. The Bertz CT molecular complexity index is 795. The van der Waals surface area contributed by atoms with E-state index in [1.54, 1.807) is 18.2 Å². The molecule has 0 saturated heterocycles. The molecule has 1 atom stereocenters. The fraction of sp³-hybridized carbons (Fsp3) is 0.0667. The standard InChI is InChI=1S/C8H10AsNO5.C7H5ClO2/c1-6(11)10-8-4-2-3-7(5-8)9(12,13)15-14;8-6-3-1-5(2-4-6)7(9)10/h2-5,14H,1H3,(H,10,11)(H,12,13);1-4H,(H,9,10). The predicted octanol–water partition coefficient (Wildman–Crippen LogP) is 1.74. The van der Waals surface area contributed by atoms with E-state index in [2.05, 4.69) is 9.19 Å². The molecule has 2 aromatic carbocycles. The Labute approximate surface area is 150 Å². The zero-order valence-corrected chi connectivity index (χ0v) is 15.6. The van der Waals surface area contributed by atoms with Crippen molar-refractivity contribution in [3.05, 3.63) is 59.1 Å². The normalized spacial score (nSPS) is 12.3. The second-order valence-electron chi connectivity index (χ2n) is 4.65. The van der Waals surface area contributed by atoms with Crippen LogP contribution in [0.15, 0.2) is 48.5 Å². The summed E-state index contributed by atoms with van der Waals surface area (Å²) >= 11 is 0.698. The third-order valence-corrected chi connectivity index (χ3v) is 5.36. The van der Waals surface area contributed by atoms with Crippen LogP contribution >= 0.6 is 11.6 Å². The first-order valence-electron chi connectivity index (χ1n) is 6.68. The summed E-state index contributed by atoms with van der Waals surface area (Å²) < 4.78 is 23.9. The molecule has 2 aromatic rings. The van der Waals surface area contributed by atoms with Crippen LogP contribution in [0.4, 0.5) is 5.69 Å².